The number of carbonyl (C=O) groups is 1. The fraction of sp³-hybridized carbons (Fsp3) is 0.389. The first-order chi connectivity index (χ1) is 11.5. The van der Waals surface area contributed by atoms with Crippen LogP contribution in [-0.2, 0) is 11.3 Å². The van der Waals surface area contributed by atoms with E-state index in [0.717, 1.165) is 35.6 Å². The Morgan fingerprint density at radius 1 is 1.25 bits per heavy atom. The van der Waals surface area contributed by atoms with Crippen molar-refractivity contribution in [3.8, 4) is 11.4 Å². The lowest BCUT2D eigenvalue weighted by Crippen LogP contribution is -2.54. The molecule has 3 rings (SSSR count). The van der Waals surface area contributed by atoms with Crippen LogP contribution in [0.2, 0.25) is 0 Å². The number of aliphatic carboxylic acids is 1. The van der Waals surface area contributed by atoms with Gasteiger partial charge in [-0.3, -0.25) is 14.6 Å². The predicted molar refractivity (Wildman–Crippen MR) is 91.5 cm³/mol. The third-order valence-electron chi connectivity index (χ3n) is 4.51. The second-order valence-corrected chi connectivity index (χ2v) is 6.30. The quantitative estimate of drug-likeness (QED) is 0.921. The maximum atomic E-state index is 11.3. The lowest BCUT2D eigenvalue weighted by Gasteiger charge is -2.37. The van der Waals surface area contributed by atoms with Gasteiger partial charge < -0.3 is 5.11 Å². The molecule has 0 amide bonds. The Morgan fingerprint density at radius 2 is 1.96 bits per heavy atom. The van der Waals surface area contributed by atoms with Gasteiger partial charge in [0.1, 0.15) is 6.04 Å². The number of carboxylic acid groups (broad SMARTS) is 1. The highest BCUT2D eigenvalue weighted by Crippen LogP contribution is 2.19. The molecule has 2 aromatic rings. The van der Waals surface area contributed by atoms with E-state index in [1.165, 1.54) is 0 Å². The summed E-state index contributed by atoms with van der Waals surface area (Å²) in [6.07, 6.45) is 3.67. The number of hydrogen-bond donors (Lipinski definition) is 1. The van der Waals surface area contributed by atoms with Crippen LogP contribution in [0.1, 0.15) is 11.1 Å². The smallest absolute Gasteiger partial charge is 0.322 e. The van der Waals surface area contributed by atoms with Crippen molar-refractivity contribution in [3.63, 3.8) is 0 Å². The van der Waals surface area contributed by atoms with Crippen LogP contribution in [0.4, 0.5) is 0 Å². The number of hydrogen-bond acceptors (Lipinski definition) is 5. The summed E-state index contributed by atoms with van der Waals surface area (Å²) in [4.78, 5) is 24.3. The summed E-state index contributed by atoms with van der Waals surface area (Å²) >= 11 is 0. The Bertz CT molecular complexity index is 717. The van der Waals surface area contributed by atoms with Crippen molar-refractivity contribution >= 4 is 5.97 Å². The van der Waals surface area contributed by atoms with Crippen molar-refractivity contribution in [3.05, 3.63) is 47.8 Å². The molecule has 0 saturated carbocycles. The summed E-state index contributed by atoms with van der Waals surface area (Å²) in [5.74, 6) is -0.0491. The van der Waals surface area contributed by atoms with Gasteiger partial charge in [0, 0.05) is 49.7 Å². The van der Waals surface area contributed by atoms with Crippen LogP contribution in [0.15, 0.2) is 36.7 Å². The van der Waals surface area contributed by atoms with Gasteiger partial charge in [-0.05, 0) is 19.5 Å². The zero-order valence-corrected chi connectivity index (χ0v) is 14.0. The van der Waals surface area contributed by atoms with Crippen LogP contribution in [0, 0.1) is 6.92 Å². The summed E-state index contributed by atoms with van der Waals surface area (Å²) in [5.41, 5.74) is 3.18. The van der Waals surface area contributed by atoms with Crippen molar-refractivity contribution in [2.45, 2.75) is 19.5 Å². The number of nitrogens with zero attached hydrogens (tertiary/aromatic N) is 4. The van der Waals surface area contributed by atoms with Crippen LogP contribution in [0.5, 0.6) is 0 Å². The SMILES string of the molecule is Cc1ccccc1-c1ncc(CN2CCN(C)C(C(=O)O)C2)cn1. The molecular formula is C18H22N4O2. The molecule has 1 aromatic heterocycles. The van der Waals surface area contributed by atoms with Crippen molar-refractivity contribution in [2.24, 2.45) is 0 Å². The number of likely N-dealkylation sites (N-methyl/N-ethyl adjacent to an activating group) is 1. The highest BCUT2D eigenvalue weighted by atomic mass is 16.4. The first-order valence-electron chi connectivity index (χ1n) is 8.07. The minimum absolute atomic E-state index is 0.453. The Morgan fingerprint density at radius 3 is 2.62 bits per heavy atom. The van der Waals surface area contributed by atoms with Gasteiger partial charge in [-0.25, -0.2) is 9.97 Å². The largest absolute Gasteiger partial charge is 0.480 e. The lowest BCUT2D eigenvalue weighted by molar-refractivity contribution is -0.145. The summed E-state index contributed by atoms with van der Waals surface area (Å²) in [5, 5.41) is 9.29. The van der Waals surface area contributed by atoms with Gasteiger partial charge in [0.15, 0.2) is 5.82 Å². The molecule has 1 unspecified atom stereocenters. The van der Waals surface area contributed by atoms with Crippen LogP contribution >= 0.6 is 0 Å². The Hall–Kier alpha value is -2.31. The van der Waals surface area contributed by atoms with Gasteiger partial charge in [-0.15, -0.1) is 0 Å². The molecule has 1 saturated heterocycles. The van der Waals surface area contributed by atoms with E-state index in [9.17, 15) is 9.90 Å². The average molecular weight is 326 g/mol. The fourth-order valence-electron chi connectivity index (χ4n) is 3.00. The van der Waals surface area contributed by atoms with Gasteiger partial charge in [-0.2, -0.15) is 0 Å². The van der Waals surface area contributed by atoms with Gasteiger partial charge in [0.05, 0.1) is 0 Å². The molecule has 2 heterocycles. The van der Waals surface area contributed by atoms with Gasteiger partial charge in [-0.1, -0.05) is 24.3 Å². The number of rotatable bonds is 4. The third kappa shape index (κ3) is 3.60. The monoisotopic (exact) mass is 326 g/mol. The number of carboxylic acids is 1. The Labute approximate surface area is 141 Å². The first kappa shape index (κ1) is 16.5. The molecular weight excluding hydrogens is 304 g/mol. The zero-order valence-electron chi connectivity index (χ0n) is 14.0. The second-order valence-electron chi connectivity index (χ2n) is 6.30. The molecule has 0 spiro atoms. The summed E-state index contributed by atoms with van der Waals surface area (Å²) in [6.45, 7) is 4.83. The van der Waals surface area contributed by atoms with E-state index in [-0.39, 0.29) is 0 Å². The molecule has 6 heteroatoms. The van der Waals surface area contributed by atoms with E-state index in [0.29, 0.717) is 13.1 Å². The molecule has 1 aliphatic heterocycles. The maximum absolute atomic E-state index is 11.3. The van der Waals surface area contributed by atoms with E-state index >= 15 is 0 Å². The molecule has 1 atom stereocenters. The Kier molecular flexibility index (Phi) is 4.87. The molecule has 0 aliphatic carbocycles. The van der Waals surface area contributed by atoms with Crippen LogP contribution in [-0.4, -0.2) is 63.6 Å². The molecule has 1 N–H and O–H groups in total. The zero-order chi connectivity index (χ0) is 17.1. The van der Waals surface area contributed by atoms with E-state index in [4.69, 9.17) is 0 Å². The summed E-state index contributed by atoms with van der Waals surface area (Å²) < 4.78 is 0. The lowest BCUT2D eigenvalue weighted by atomic mass is 10.1. The summed E-state index contributed by atoms with van der Waals surface area (Å²) in [7, 11) is 1.86. The highest BCUT2D eigenvalue weighted by Gasteiger charge is 2.29. The maximum Gasteiger partial charge on any atom is 0.322 e. The molecule has 1 aliphatic rings. The number of benzene rings is 1. The Balaban J connectivity index is 1.69. The highest BCUT2D eigenvalue weighted by molar-refractivity contribution is 5.73. The minimum Gasteiger partial charge on any atom is -0.480 e. The third-order valence-corrected chi connectivity index (χ3v) is 4.51. The number of piperazine rings is 1. The van der Waals surface area contributed by atoms with E-state index < -0.39 is 12.0 Å². The number of aromatic nitrogens is 2. The standard InChI is InChI=1S/C18H22N4O2/c1-13-5-3-4-6-15(13)17-19-9-14(10-20-17)11-22-8-7-21(2)16(12-22)18(23)24/h3-6,9-10,16H,7-8,11-12H2,1-2H3,(H,23,24). The second kappa shape index (κ2) is 7.07. The molecule has 1 fully saturated rings. The van der Waals surface area contributed by atoms with E-state index in [2.05, 4.69) is 14.9 Å². The van der Waals surface area contributed by atoms with Gasteiger partial charge >= 0.3 is 5.97 Å². The van der Waals surface area contributed by atoms with Crippen molar-refractivity contribution in [1.29, 1.82) is 0 Å². The topological polar surface area (TPSA) is 69.6 Å². The molecule has 24 heavy (non-hydrogen) atoms. The molecule has 0 bridgehead atoms. The van der Waals surface area contributed by atoms with E-state index in [1.807, 2.05) is 55.5 Å². The van der Waals surface area contributed by atoms with Crippen molar-refractivity contribution in [1.82, 2.24) is 19.8 Å². The van der Waals surface area contributed by atoms with Crippen LogP contribution in [0.25, 0.3) is 11.4 Å². The molecule has 126 valence electrons. The van der Waals surface area contributed by atoms with Crippen LogP contribution in [0.3, 0.4) is 0 Å². The number of aryl methyl sites for hydroxylation is 1. The predicted octanol–water partition coefficient (Wildman–Crippen LogP) is 1.65. The molecule has 6 nitrogen and oxygen atoms in total. The van der Waals surface area contributed by atoms with Gasteiger partial charge in [0.25, 0.3) is 0 Å². The van der Waals surface area contributed by atoms with Gasteiger partial charge in [0.2, 0.25) is 0 Å². The summed E-state index contributed by atoms with van der Waals surface area (Å²) in [6, 6.07) is 7.59. The average Bonchev–Trinajstić information content (AvgIpc) is 2.58. The van der Waals surface area contributed by atoms with E-state index in [1.54, 1.807) is 0 Å². The molecule has 0 radical (unpaired) electrons. The van der Waals surface area contributed by atoms with Crippen molar-refractivity contribution in [2.75, 3.05) is 26.7 Å². The minimum atomic E-state index is -0.770. The van der Waals surface area contributed by atoms with Crippen LogP contribution < -0.4 is 0 Å². The fourth-order valence-corrected chi connectivity index (χ4v) is 3.00. The molecule has 1 aromatic carbocycles. The van der Waals surface area contributed by atoms with Crippen molar-refractivity contribution < 1.29 is 9.90 Å². The first-order valence-corrected chi connectivity index (χ1v) is 8.07. The normalized spacial score (nSPS) is 19.3.